The fourth-order valence-electron chi connectivity index (χ4n) is 2.35. The van der Waals surface area contributed by atoms with Gasteiger partial charge in [-0.1, -0.05) is 20.8 Å². The lowest BCUT2D eigenvalue weighted by Gasteiger charge is -2.39. The van der Waals surface area contributed by atoms with Crippen LogP contribution in [0, 0.1) is 5.92 Å². The minimum absolute atomic E-state index is 0.777. The van der Waals surface area contributed by atoms with Gasteiger partial charge in [-0.2, -0.15) is 0 Å². The number of hydrogen-bond acceptors (Lipinski definition) is 2. The number of likely N-dealkylation sites (N-methyl/N-ethyl adjacent to an activating group) is 2. The molecule has 1 aliphatic rings. The van der Waals surface area contributed by atoms with Crippen molar-refractivity contribution in [2.24, 2.45) is 5.92 Å². The smallest absolute Gasteiger partial charge is 0.0246 e. The molecule has 2 heteroatoms. The van der Waals surface area contributed by atoms with Crippen molar-refractivity contribution < 1.29 is 0 Å². The highest BCUT2D eigenvalue weighted by atomic mass is 15.2. The van der Waals surface area contributed by atoms with Crippen LogP contribution >= 0.6 is 0 Å². The highest BCUT2D eigenvalue weighted by Crippen LogP contribution is 2.22. The van der Waals surface area contributed by atoms with Crippen molar-refractivity contribution in [3.63, 3.8) is 0 Å². The summed E-state index contributed by atoms with van der Waals surface area (Å²) in [5.74, 6) is 0.868. The van der Waals surface area contributed by atoms with Crippen molar-refractivity contribution in [1.82, 2.24) is 10.2 Å². The predicted molar refractivity (Wildman–Crippen MR) is 58.0 cm³/mol. The van der Waals surface area contributed by atoms with Gasteiger partial charge >= 0.3 is 0 Å². The highest BCUT2D eigenvalue weighted by molar-refractivity contribution is 4.82. The number of nitrogens with zero attached hydrogens (tertiary/aromatic N) is 1. The summed E-state index contributed by atoms with van der Waals surface area (Å²) in [6.07, 6.45) is 2.80. The Labute approximate surface area is 82.7 Å². The lowest BCUT2D eigenvalue weighted by molar-refractivity contribution is 0.106. The Kier molecular flexibility index (Phi) is 4.74. The number of piperidine rings is 1. The molecule has 2 atom stereocenters. The highest BCUT2D eigenvalue weighted by Gasteiger charge is 2.26. The van der Waals surface area contributed by atoms with Crippen LogP contribution in [-0.4, -0.2) is 37.1 Å². The Hall–Kier alpha value is -0.0800. The van der Waals surface area contributed by atoms with Gasteiger partial charge in [0.05, 0.1) is 0 Å². The van der Waals surface area contributed by atoms with Gasteiger partial charge in [0.1, 0.15) is 0 Å². The lowest BCUT2D eigenvalue weighted by atomic mass is 9.91. The quantitative estimate of drug-likeness (QED) is 0.715. The van der Waals surface area contributed by atoms with Gasteiger partial charge in [0, 0.05) is 12.6 Å². The van der Waals surface area contributed by atoms with Crippen LogP contribution in [0.5, 0.6) is 0 Å². The lowest BCUT2D eigenvalue weighted by Crippen LogP contribution is -2.49. The average molecular weight is 184 g/mol. The van der Waals surface area contributed by atoms with Crippen molar-refractivity contribution in [1.29, 1.82) is 0 Å². The summed E-state index contributed by atoms with van der Waals surface area (Å²) in [5, 5.41) is 3.47. The molecule has 1 aliphatic heterocycles. The molecule has 1 heterocycles. The summed E-state index contributed by atoms with van der Waals surface area (Å²) in [4.78, 5) is 2.62. The zero-order valence-electron chi connectivity index (χ0n) is 9.34. The maximum Gasteiger partial charge on any atom is 0.0246 e. The summed E-state index contributed by atoms with van der Waals surface area (Å²) in [5.41, 5.74) is 0. The van der Waals surface area contributed by atoms with Crippen molar-refractivity contribution in [2.45, 2.75) is 39.7 Å². The molecular formula is C11H24N2. The van der Waals surface area contributed by atoms with E-state index in [1.165, 1.54) is 32.5 Å². The number of nitrogens with one attached hydrogen (secondary N) is 1. The van der Waals surface area contributed by atoms with Gasteiger partial charge in [-0.3, -0.25) is 4.90 Å². The van der Waals surface area contributed by atoms with Crippen LogP contribution in [0.3, 0.4) is 0 Å². The molecule has 0 spiro atoms. The molecule has 0 amide bonds. The first-order valence-corrected chi connectivity index (χ1v) is 5.74. The zero-order valence-corrected chi connectivity index (χ0v) is 9.34. The van der Waals surface area contributed by atoms with E-state index in [-0.39, 0.29) is 0 Å². The van der Waals surface area contributed by atoms with Gasteiger partial charge in [0.25, 0.3) is 0 Å². The van der Waals surface area contributed by atoms with Crippen LogP contribution in [0.4, 0.5) is 0 Å². The van der Waals surface area contributed by atoms with E-state index in [4.69, 9.17) is 0 Å². The molecule has 1 rings (SSSR count). The van der Waals surface area contributed by atoms with E-state index in [1.54, 1.807) is 0 Å². The average Bonchev–Trinajstić information content (AvgIpc) is 2.15. The van der Waals surface area contributed by atoms with Crippen LogP contribution in [0.25, 0.3) is 0 Å². The monoisotopic (exact) mass is 184 g/mol. The van der Waals surface area contributed by atoms with Crippen LogP contribution in [-0.2, 0) is 0 Å². The number of likely N-dealkylation sites (tertiary alicyclic amines) is 1. The normalized spacial score (nSPS) is 30.7. The molecule has 13 heavy (non-hydrogen) atoms. The molecule has 0 bridgehead atoms. The molecule has 0 aromatic heterocycles. The molecule has 0 aromatic carbocycles. The van der Waals surface area contributed by atoms with Gasteiger partial charge in [-0.15, -0.1) is 0 Å². The third kappa shape index (κ3) is 2.96. The Morgan fingerprint density at radius 3 is 2.77 bits per heavy atom. The summed E-state index contributed by atoms with van der Waals surface area (Å²) in [6.45, 7) is 11.6. The van der Waals surface area contributed by atoms with E-state index in [0.717, 1.165) is 18.5 Å². The number of hydrogen-bond donors (Lipinski definition) is 1. The van der Waals surface area contributed by atoms with Crippen LogP contribution in [0.2, 0.25) is 0 Å². The van der Waals surface area contributed by atoms with Crippen molar-refractivity contribution >= 4 is 0 Å². The van der Waals surface area contributed by atoms with E-state index in [1.807, 2.05) is 0 Å². The van der Waals surface area contributed by atoms with Crippen molar-refractivity contribution in [3.05, 3.63) is 0 Å². The topological polar surface area (TPSA) is 15.3 Å². The molecule has 2 unspecified atom stereocenters. The molecule has 0 aliphatic carbocycles. The largest absolute Gasteiger partial charge is 0.315 e. The summed E-state index contributed by atoms with van der Waals surface area (Å²) >= 11 is 0. The second-order valence-corrected chi connectivity index (χ2v) is 4.12. The Bertz CT molecular complexity index is 136. The molecule has 0 saturated carbocycles. The Balaban J connectivity index is 2.41. The van der Waals surface area contributed by atoms with Gasteiger partial charge in [0.2, 0.25) is 0 Å². The third-order valence-electron chi connectivity index (χ3n) is 3.24. The van der Waals surface area contributed by atoms with Gasteiger partial charge in [-0.25, -0.2) is 0 Å². The second kappa shape index (κ2) is 5.61. The fourth-order valence-corrected chi connectivity index (χ4v) is 2.35. The van der Waals surface area contributed by atoms with E-state index < -0.39 is 0 Å². The summed E-state index contributed by atoms with van der Waals surface area (Å²) in [6, 6.07) is 0.777. The van der Waals surface area contributed by atoms with Gasteiger partial charge in [-0.05, 0) is 38.4 Å². The minimum Gasteiger partial charge on any atom is -0.315 e. The van der Waals surface area contributed by atoms with Gasteiger partial charge < -0.3 is 5.32 Å². The Morgan fingerprint density at radius 2 is 2.15 bits per heavy atom. The molecule has 1 saturated heterocycles. The van der Waals surface area contributed by atoms with E-state index in [0.29, 0.717) is 0 Å². The second-order valence-electron chi connectivity index (χ2n) is 4.12. The minimum atomic E-state index is 0.777. The zero-order chi connectivity index (χ0) is 9.68. The van der Waals surface area contributed by atoms with Crippen molar-refractivity contribution in [3.8, 4) is 0 Å². The Morgan fingerprint density at radius 1 is 1.38 bits per heavy atom. The van der Waals surface area contributed by atoms with E-state index in [2.05, 4.69) is 31.0 Å². The SMILES string of the molecule is CCNCC1C(C)CCCN1CC. The third-order valence-corrected chi connectivity index (χ3v) is 3.24. The van der Waals surface area contributed by atoms with E-state index in [9.17, 15) is 0 Å². The first-order chi connectivity index (χ1) is 6.29. The first-order valence-electron chi connectivity index (χ1n) is 5.74. The van der Waals surface area contributed by atoms with Crippen molar-refractivity contribution in [2.75, 3.05) is 26.2 Å². The molecule has 0 radical (unpaired) electrons. The van der Waals surface area contributed by atoms with E-state index >= 15 is 0 Å². The first kappa shape index (κ1) is 11.0. The summed E-state index contributed by atoms with van der Waals surface area (Å²) in [7, 11) is 0. The molecule has 0 aromatic rings. The maximum absolute atomic E-state index is 3.47. The molecular weight excluding hydrogens is 160 g/mol. The summed E-state index contributed by atoms with van der Waals surface area (Å²) < 4.78 is 0. The molecule has 2 nitrogen and oxygen atoms in total. The van der Waals surface area contributed by atoms with Crippen LogP contribution in [0.15, 0.2) is 0 Å². The molecule has 1 fully saturated rings. The van der Waals surface area contributed by atoms with Gasteiger partial charge in [0.15, 0.2) is 0 Å². The van der Waals surface area contributed by atoms with Crippen LogP contribution < -0.4 is 5.32 Å². The molecule has 78 valence electrons. The maximum atomic E-state index is 3.47. The van der Waals surface area contributed by atoms with Crippen LogP contribution in [0.1, 0.15) is 33.6 Å². The standard InChI is InChI=1S/C11H24N2/c1-4-12-9-11-10(3)7-6-8-13(11)5-2/h10-12H,4-9H2,1-3H3. The predicted octanol–water partition coefficient (Wildman–Crippen LogP) is 1.72. The number of rotatable bonds is 4. The fraction of sp³-hybridized carbons (Fsp3) is 1.00. The molecule has 1 N–H and O–H groups in total.